The summed E-state index contributed by atoms with van der Waals surface area (Å²) in [4.78, 5) is 31.4. The maximum atomic E-state index is 13.9. The number of benzene rings is 3. The fourth-order valence-corrected chi connectivity index (χ4v) is 8.94. The van der Waals surface area contributed by atoms with Crippen LogP contribution in [0, 0.1) is 32.1 Å². The number of hydrogen-bond acceptors (Lipinski definition) is 9. The van der Waals surface area contributed by atoms with Crippen molar-refractivity contribution in [3.63, 3.8) is 0 Å². The standard InChI is InChI=1S/C45H54N6O6/c1-10-18-55-41-27(5)28(6)42(56-19-11-2)38-32(41)23-34-39-37-30(21-26(4)40(54-9)43(37)57-20-12-3)22-33(50(39)8)35(24-46)51(34)36(38)25-47-44(52)29(7)48-45(53)49-31-16-14-13-15-17-31/h10-17,21,29,33-36,39H,1-3,18-20,22-23,25H2,4-9H3,(H,47,52)(H2,48,49,53)/t29-,33+,34-,35-,36-,39+/m0/s1. The van der Waals surface area contributed by atoms with Crippen molar-refractivity contribution in [3.05, 3.63) is 113 Å². The summed E-state index contributed by atoms with van der Waals surface area (Å²) in [6, 6.07) is 10.7. The van der Waals surface area contributed by atoms with Crippen molar-refractivity contribution in [2.24, 2.45) is 0 Å². The molecule has 3 aliphatic heterocycles. The highest BCUT2D eigenvalue weighted by molar-refractivity contribution is 5.93. The Morgan fingerprint density at radius 1 is 0.912 bits per heavy atom. The average molecular weight is 775 g/mol. The molecular weight excluding hydrogens is 721 g/mol. The van der Waals surface area contributed by atoms with E-state index < -0.39 is 24.2 Å². The summed E-state index contributed by atoms with van der Waals surface area (Å²) >= 11 is 0. The summed E-state index contributed by atoms with van der Waals surface area (Å²) < 4.78 is 25.5. The van der Waals surface area contributed by atoms with Gasteiger partial charge in [0.1, 0.15) is 43.4 Å². The fraction of sp³-hybridized carbons (Fsp3) is 0.400. The monoisotopic (exact) mass is 774 g/mol. The van der Waals surface area contributed by atoms with Crippen LogP contribution < -0.4 is 34.9 Å². The molecule has 300 valence electrons. The number of fused-ring (bicyclic) bond motifs is 7. The van der Waals surface area contributed by atoms with Gasteiger partial charge in [0, 0.05) is 41.0 Å². The number of aryl methyl sites for hydroxylation is 1. The molecule has 2 bridgehead atoms. The van der Waals surface area contributed by atoms with Crippen molar-refractivity contribution in [1.82, 2.24) is 20.4 Å². The minimum atomic E-state index is -0.874. The van der Waals surface area contributed by atoms with Crippen LogP contribution in [0.4, 0.5) is 10.5 Å². The smallest absolute Gasteiger partial charge is 0.319 e. The van der Waals surface area contributed by atoms with Crippen LogP contribution in [0.3, 0.4) is 0 Å². The fourth-order valence-electron chi connectivity index (χ4n) is 8.94. The van der Waals surface area contributed by atoms with E-state index >= 15 is 0 Å². The molecule has 3 N–H and O–H groups in total. The molecule has 3 aromatic rings. The lowest BCUT2D eigenvalue weighted by Gasteiger charge is -2.60. The highest BCUT2D eigenvalue weighted by Gasteiger charge is 2.56. The quantitative estimate of drug-likeness (QED) is 0.150. The Bertz CT molecular complexity index is 2080. The highest BCUT2D eigenvalue weighted by atomic mass is 16.5. The molecule has 6 rings (SSSR count). The first-order valence-corrected chi connectivity index (χ1v) is 19.4. The Balaban J connectivity index is 1.49. The molecule has 1 fully saturated rings. The predicted molar refractivity (Wildman–Crippen MR) is 221 cm³/mol. The number of carbonyl (C=O) groups excluding carboxylic acids is 2. The number of anilines is 1. The van der Waals surface area contributed by atoms with Gasteiger partial charge in [-0.25, -0.2) is 4.79 Å². The number of rotatable bonds is 15. The first kappa shape index (κ1) is 40.9. The Kier molecular flexibility index (Phi) is 12.6. The summed E-state index contributed by atoms with van der Waals surface area (Å²) in [6.07, 6.45) is 6.25. The van der Waals surface area contributed by atoms with E-state index in [-0.39, 0.29) is 50.4 Å². The Morgan fingerprint density at radius 2 is 1.54 bits per heavy atom. The zero-order chi connectivity index (χ0) is 41.0. The summed E-state index contributed by atoms with van der Waals surface area (Å²) in [5.74, 6) is 2.36. The number of ether oxygens (including phenoxy) is 4. The third-order valence-electron chi connectivity index (χ3n) is 11.5. The van der Waals surface area contributed by atoms with E-state index in [1.807, 2.05) is 39.0 Å². The molecule has 3 aromatic carbocycles. The average Bonchev–Trinajstić information content (AvgIpc) is 3.19. The zero-order valence-electron chi connectivity index (χ0n) is 33.8. The molecule has 12 nitrogen and oxygen atoms in total. The molecule has 6 atom stereocenters. The second-order valence-corrected chi connectivity index (χ2v) is 14.8. The van der Waals surface area contributed by atoms with Crippen molar-refractivity contribution in [3.8, 4) is 29.1 Å². The van der Waals surface area contributed by atoms with Crippen LogP contribution in [0.15, 0.2) is 74.4 Å². The number of carbonyl (C=O) groups is 2. The molecule has 0 spiro atoms. The van der Waals surface area contributed by atoms with Gasteiger partial charge in [-0.15, -0.1) is 0 Å². The van der Waals surface area contributed by atoms with Crippen molar-refractivity contribution in [2.75, 3.05) is 45.8 Å². The number of para-hydroxylation sites is 1. The van der Waals surface area contributed by atoms with E-state index in [4.69, 9.17) is 18.9 Å². The molecule has 12 heteroatoms. The van der Waals surface area contributed by atoms with Gasteiger partial charge in [-0.1, -0.05) is 62.2 Å². The zero-order valence-corrected chi connectivity index (χ0v) is 33.8. The number of hydrogen-bond donors (Lipinski definition) is 3. The normalized spacial score (nSPS) is 21.2. The van der Waals surface area contributed by atoms with Crippen LogP contribution in [-0.2, 0) is 17.6 Å². The van der Waals surface area contributed by atoms with E-state index in [0.717, 1.165) is 44.7 Å². The van der Waals surface area contributed by atoms with Crippen LogP contribution in [0.5, 0.6) is 23.0 Å². The number of nitrogens with one attached hydrogen (secondary N) is 3. The van der Waals surface area contributed by atoms with Gasteiger partial charge in [-0.3, -0.25) is 14.6 Å². The van der Waals surface area contributed by atoms with Crippen molar-refractivity contribution in [1.29, 1.82) is 5.26 Å². The van der Waals surface area contributed by atoms with Crippen LogP contribution in [0.1, 0.15) is 58.0 Å². The minimum Gasteiger partial charge on any atom is -0.493 e. The lowest BCUT2D eigenvalue weighted by atomic mass is 9.71. The molecule has 0 radical (unpaired) electrons. The summed E-state index contributed by atoms with van der Waals surface area (Å²) in [5, 5.41) is 19.8. The van der Waals surface area contributed by atoms with E-state index in [1.165, 1.54) is 0 Å². The van der Waals surface area contributed by atoms with Crippen molar-refractivity contribution < 1.29 is 28.5 Å². The van der Waals surface area contributed by atoms with Crippen molar-refractivity contribution in [2.45, 2.75) is 76.8 Å². The number of likely N-dealkylation sites (N-methyl/N-ethyl adjacent to an activating group) is 1. The number of nitriles is 1. The third kappa shape index (κ3) is 7.69. The van der Waals surface area contributed by atoms with Crippen LogP contribution >= 0.6 is 0 Å². The van der Waals surface area contributed by atoms with Crippen LogP contribution in [0.2, 0.25) is 0 Å². The van der Waals surface area contributed by atoms with Crippen LogP contribution in [-0.4, -0.2) is 86.4 Å². The number of amides is 3. The number of piperazine rings is 1. The Hall–Kier alpha value is -5.77. The van der Waals surface area contributed by atoms with Gasteiger partial charge in [0.2, 0.25) is 5.91 Å². The Morgan fingerprint density at radius 3 is 2.18 bits per heavy atom. The van der Waals surface area contributed by atoms with Gasteiger partial charge in [-0.2, -0.15) is 5.26 Å². The number of nitrogens with zero attached hydrogens (tertiary/aromatic N) is 3. The van der Waals surface area contributed by atoms with Gasteiger partial charge in [0.05, 0.1) is 25.3 Å². The second-order valence-electron chi connectivity index (χ2n) is 14.8. The Labute approximate surface area is 336 Å². The summed E-state index contributed by atoms with van der Waals surface area (Å²) in [7, 11) is 3.73. The molecule has 3 heterocycles. The van der Waals surface area contributed by atoms with Crippen LogP contribution in [0.25, 0.3) is 0 Å². The maximum Gasteiger partial charge on any atom is 0.319 e. The molecule has 57 heavy (non-hydrogen) atoms. The van der Waals surface area contributed by atoms with Gasteiger partial charge >= 0.3 is 6.03 Å². The topological polar surface area (TPSA) is 137 Å². The highest BCUT2D eigenvalue weighted by Crippen LogP contribution is 2.56. The lowest BCUT2D eigenvalue weighted by molar-refractivity contribution is -0.123. The SMILES string of the molecule is C=CCOc1c(C)c(C)c(OCC=C)c2c1C[C@H]1[C@@H]3c4c(cc(C)c(OC)c4OCC=C)C[C@H]([C@H](C#N)N1[C@H]2CNC(=O)[C@H](C)NC(=O)Nc1ccccc1)N3C. The van der Waals surface area contributed by atoms with E-state index in [9.17, 15) is 14.9 Å². The lowest BCUT2D eigenvalue weighted by Crippen LogP contribution is -2.69. The number of urea groups is 1. The maximum absolute atomic E-state index is 13.9. The van der Waals surface area contributed by atoms with Gasteiger partial charge < -0.3 is 34.9 Å². The molecule has 0 unspecified atom stereocenters. The largest absolute Gasteiger partial charge is 0.493 e. The molecule has 1 saturated heterocycles. The second kappa shape index (κ2) is 17.6. The third-order valence-corrected chi connectivity index (χ3v) is 11.5. The minimum absolute atomic E-state index is 0.119. The predicted octanol–water partition coefficient (Wildman–Crippen LogP) is 6.41. The molecule has 0 aromatic heterocycles. The molecule has 0 aliphatic carbocycles. The molecular formula is C45H54N6O6. The summed E-state index contributed by atoms with van der Waals surface area (Å²) in [5.41, 5.74) is 7.31. The van der Waals surface area contributed by atoms with Gasteiger partial charge in [0.25, 0.3) is 0 Å². The first-order chi connectivity index (χ1) is 27.5. The van der Waals surface area contributed by atoms with E-state index in [0.29, 0.717) is 35.8 Å². The first-order valence-electron chi connectivity index (χ1n) is 19.4. The molecule has 3 amide bonds. The van der Waals surface area contributed by atoms with E-state index in [2.05, 4.69) is 64.7 Å². The van der Waals surface area contributed by atoms with Crippen molar-refractivity contribution >= 4 is 17.6 Å². The summed E-state index contributed by atoms with van der Waals surface area (Å²) in [6.45, 7) is 20.4. The molecule has 0 saturated carbocycles. The van der Waals surface area contributed by atoms with Gasteiger partial charge in [-0.05, 0) is 82.0 Å². The molecule has 3 aliphatic rings. The van der Waals surface area contributed by atoms with E-state index in [1.54, 1.807) is 44.4 Å². The van der Waals surface area contributed by atoms with Gasteiger partial charge in [0.15, 0.2) is 11.5 Å². The number of methoxy groups -OCH3 is 1.